The summed E-state index contributed by atoms with van der Waals surface area (Å²) in [5, 5.41) is 0. The molecule has 0 saturated carbocycles. The average Bonchev–Trinajstić information content (AvgIpc) is 3.09. The largest absolute Gasteiger partial charge is 0.466 e. The van der Waals surface area contributed by atoms with Crippen molar-refractivity contribution in [1.82, 2.24) is 4.90 Å². The Hall–Kier alpha value is -1.60. The number of rotatable bonds is 7. The molecule has 0 N–H and O–H groups in total. The van der Waals surface area contributed by atoms with E-state index < -0.39 is 0 Å². The molecule has 1 fully saturated rings. The van der Waals surface area contributed by atoms with E-state index in [1.54, 1.807) is 24.5 Å². The van der Waals surface area contributed by atoms with Crippen LogP contribution in [0.2, 0.25) is 0 Å². The molecule has 1 aliphatic rings. The molecule has 0 atom stereocenters. The van der Waals surface area contributed by atoms with Gasteiger partial charge < -0.3 is 9.15 Å². The number of hydrogen-bond acceptors (Lipinski definition) is 6. The zero-order chi connectivity index (χ0) is 15.9. The maximum absolute atomic E-state index is 12.3. The van der Waals surface area contributed by atoms with Gasteiger partial charge in [-0.15, -0.1) is 0 Å². The highest BCUT2D eigenvalue weighted by atomic mass is 32.2. The van der Waals surface area contributed by atoms with Gasteiger partial charge in [-0.25, -0.2) is 0 Å². The molecule has 1 saturated heterocycles. The van der Waals surface area contributed by atoms with E-state index in [1.807, 2.05) is 6.92 Å². The van der Waals surface area contributed by atoms with Crippen molar-refractivity contribution >= 4 is 46.3 Å². The van der Waals surface area contributed by atoms with E-state index in [2.05, 4.69) is 0 Å². The monoisotopic (exact) mass is 339 g/mol. The molecule has 1 aromatic rings. The molecule has 22 heavy (non-hydrogen) atoms. The number of carbonyl (C=O) groups is 2. The molecule has 1 aliphatic heterocycles. The molecule has 0 aliphatic carbocycles. The highest BCUT2D eigenvalue weighted by Crippen LogP contribution is 2.32. The van der Waals surface area contributed by atoms with E-state index in [9.17, 15) is 9.59 Å². The number of hydrogen-bond donors (Lipinski definition) is 0. The summed E-state index contributed by atoms with van der Waals surface area (Å²) in [4.78, 5) is 25.8. The Morgan fingerprint density at radius 1 is 1.55 bits per heavy atom. The topological polar surface area (TPSA) is 59.8 Å². The molecule has 2 heterocycles. The predicted molar refractivity (Wildman–Crippen MR) is 89.1 cm³/mol. The van der Waals surface area contributed by atoms with Gasteiger partial charge in [-0.3, -0.25) is 14.5 Å². The van der Waals surface area contributed by atoms with Gasteiger partial charge in [-0.1, -0.05) is 30.9 Å². The van der Waals surface area contributed by atoms with Gasteiger partial charge in [0.1, 0.15) is 10.1 Å². The fourth-order valence-electron chi connectivity index (χ4n) is 1.86. The molecule has 0 radical (unpaired) electrons. The summed E-state index contributed by atoms with van der Waals surface area (Å²) in [7, 11) is 0. The Kier molecular flexibility index (Phi) is 6.21. The summed E-state index contributed by atoms with van der Waals surface area (Å²) < 4.78 is 10.7. The Bertz CT molecular complexity index is 580. The van der Waals surface area contributed by atoms with Gasteiger partial charge in [0.25, 0.3) is 5.91 Å². The SMILES string of the molecule is CCCOC(=O)CCCN1C(=O)/C(=C/c2ccco2)SC1=S. The molecule has 1 aromatic heterocycles. The normalized spacial score (nSPS) is 16.6. The van der Waals surface area contributed by atoms with Crippen molar-refractivity contribution in [3.05, 3.63) is 29.1 Å². The van der Waals surface area contributed by atoms with Crippen molar-refractivity contribution < 1.29 is 18.7 Å². The molecular weight excluding hydrogens is 322 g/mol. The first-order chi connectivity index (χ1) is 10.6. The lowest BCUT2D eigenvalue weighted by Crippen LogP contribution is -2.29. The number of carbonyl (C=O) groups excluding carboxylic acids is 2. The van der Waals surface area contributed by atoms with Gasteiger partial charge in [0.05, 0.1) is 17.8 Å². The molecule has 7 heteroatoms. The molecule has 0 unspecified atom stereocenters. The summed E-state index contributed by atoms with van der Waals surface area (Å²) in [6, 6.07) is 3.53. The van der Waals surface area contributed by atoms with E-state index >= 15 is 0 Å². The second-order valence-corrected chi connectivity index (χ2v) is 6.35. The van der Waals surface area contributed by atoms with Crippen molar-refractivity contribution in [3.8, 4) is 0 Å². The predicted octanol–water partition coefficient (Wildman–Crippen LogP) is 3.21. The Morgan fingerprint density at radius 3 is 3.05 bits per heavy atom. The van der Waals surface area contributed by atoms with Crippen LogP contribution in [0.5, 0.6) is 0 Å². The van der Waals surface area contributed by atoms with Crippen molar-refractivity contribution in [1.29, 1.82) is 0 Å². The summed E-state index contributed by atoms with van der Waals surface area (Å²) in [6.07, 6.45) is 4.85. The minimum absolute atomic E-state index is 0.145. The summed E-state index contributed by atoms with van der Waals surface area (Å²) in [6.45, 7) is 2.80. The average molecular weight is 339 g/mol. The van der Waals surface area contributed by atoms with Crippen molar-refractivity contribution in [3.63, 3.8) is 0 Å². The first-order valence-corrected chi connectivity index (χ1v) is 8.28. The van der Waals surface area contributed by atoms with Crippen LogP contribution in [-0.2, 0) is 14.3 Å². The number of amides is 1. The second kappa shape index (κ2) is 8.14. The van der Waals surface area contributed by atoms with Crippen LogP contribution in [0.1, 0.15) is 31.9 Å². The van der Waals surface area contributed by atoms with Gasteiger partial charge in [0.2, 0.25) is 0 Å². The van der Waals surface area contributed by atoms with Crippen molar-refractivity contribution in [2.24, 2.45) is 0 Å². The van der Waals surface area contributed by atoms with E-state index in [0.717, 1.165) is 6.42 Å². The fourth-order valence-corrected chi connectivity index (χ4v) is 3.15. The maximum atomic E-state index is 12.3. The fraction of sp³-hybridized carbons (Fsp3) is 0.400. The Labute approximate surface area is 138 Å². The summed E-state index contributed by atoms with van der Waals surface area (Å²) in [5.41, 5.74) is 0. The van der Waals surface area contributed by atoms with Gasteiger partial charge >= 0.3 is 5.97 Å². The highest BCUT2D eigenvalue weighted by molar-refractivity contribution is 8.26. The number of thioether (sulfide) groups is 1. The minimum atomic E-state index is -0.238. The first kappa shape index (κ1) is 16.8. The van der Waals surface area contributed by atoms with E-state index in [-0.39, 0.29) is 18.3 Å². The number of nitrogens with zero attached hydrogens (tertiary/aromatic N) is 1. The number of ether oxygens (including phenoxy) is 1. The molecule has 118 valence electrons. The number of thiocarbonyl (C=S) groups is 1. The molecular formula is C15H17NO4S2. The molecule has 0 bridgehead atoms. The van der Waals surface area contributed by atoms with Crippen LogP contribution in [0.15, 0.2) is 27.7 Å². The minimum Gasteiger partial charge on any atom is -0.466 e. The zero-order valence-electron chi connectivity index (χ0n) is 12.2. The molecule has 0 aromatic carbocycles. The molecule has 0 spiro atoms. The smallest absolute Gasteiger partial charge is 0.305 e. The lowest BCUT2D eigenvalue weighted by atomic mass is 10.3. The second-order valence-electron chi connectivity index (χ2n) is 4.67. The molecule has 5 nitrogen and oxygen atoms in total. The molecule has 2 rings (SSSR count). The molecule has 1 amide bonds. The van der Waals surface area contributed by atoms with Gasteiger partial charge in [0.15, 0.2) is 0 Å². The van der Waals surface area contributed by atoms with Crippen LogP contribution in [0.25, 0.3) is 6.08 Å². The highest BCUT2D eigenvalue weighted by Gasteiger charge is 2.31. The van der Waals surface area contributed by atoms with Crippen molar-refractivity contribution in [2.45, 2.75) is 26.2 Å². The summed E-state index contributed by atoms with van der Waals surface area (Å²) in [5.74, 6) is 0.232. The van der Waals surface area contributed by atoms with Gasteiger partial charge in [0, 0.05) is 19.0 Å². The third kappa shape index (κ3) is 4.45. The third-order valence-electron chi connectivity index (χ3n) is 2.92. The first-order valence-electron chi connectivity index (χ1n) is 7.06. The van der Waals surface area contributed by atoms with Crippen LogP contribution >= 0.6 is 24.0 Å². The van der Waals surface area contributed by atoms with E-state index in [1.165, 1.54) is 16.7 Å². The lowest BCUT2D eigenvalue weighted by molar-refractivity contribution is -0.144. The lowest BCUT2D eigenvalue weighted by Gasteiger charge is -2.13. The van der Waals surface area contributed by atoms with Gasteiger partial charge in [-0.05, 0) is 25.0 Å². The maximum Gasteiger partial charge on any atom is 0.305 e. The van der Waals surface area contributed by atoms with Crippen LogP contribution in [0.4, 0.5) is 0 Å². The van der Waals surface area contributed by atoms with Gasteiger partial charge in [-0.2, -0.15) is 0 Å². The van der Waals surface area contributed by atoms with E-state index in [4.69, 9.17) is 21.4 Å². The Morgan fingerprint density at radius 2 is 2.36 bits per heavy atom. The van der Waals surface area contributed by atoms with Crippen LogP contribution in [0.3, 0.4) is 0 Å². The third-order valence-corrected chi connectivity index (χ3v) is 4.30. The van der Waals surface area contributed by atoms with Crippen molar-refractivity contribution in [2.75, 3.05) is 13.2 Å². The zero-order valence-corrected chi connectivity index (χ0v) is 13.9. The number of esters is 1. The summed E-state index contributed by atoms with van der Waals surface area (Å²) >= 11 is 6.47. The van der Waals surface area contributed by atoms with Crippen LogP contribution in [0, 0.1) is 0 Å². The van der Waals surface area contributed by atoms with E-state index in [0.29, 0.717) is 34.6 Å². The number of furan rings is 1. The van der Waals surface area contributed by atoms with Crippen LogP contribution < -0.4 is 0 Å². The van der Waals surface area contributed by atoms with Crippen LogP contribution in [-0.4, -0.2) is 34.2 Å². The Balaban J connectivity index is 1.86. The standard InChI is InChI=1S/C15H17NO4S2/c1-2-8-20-13(17)6-3-7-16-14(18)12(22-15(16)21)10-11-5-4-9-19-11/h4-5,9-10H,2-3,6-8H2,1H3/b12-10-. The quantitative estimate of drug-likeness (QED) is 0.432.